The fraction of sp³-hybridized carbons (Fsp3) is 0.0625. The van der Waals surface area contributed by atoms with E-state index in [1.807, 2.05) is 0 Å². The van der Waals surface area contributed by atoms with Crippen molar-refractivity contribution in [2.24, 2.45) is 0 Å². The van der Waals surface area contributed by atoms with Crippen LogP contribution in [0, 0.1) is 5.95 Å². The maximum Gasteiger partial charge on any atom is 0.321 e. The minimum absolute atomic E-state index is 0.0259. The Labute approximate surface area is 158 Å². The van der Waals surface area contributed by atoms with Crippen molar-refractivity contribution in [3.8, 4) is 11.5 Å². The SMILES string of the molecule is O=C(CBr)Oc1ccc(/C=C2\Oc3ccc(F)nc3NC2=O)cc1Br. The van der Waals surface area contributed by atoms with Crippen LogP contribution in [0.25, 0.3) is 6.08 Å². The van der Waals surface area contributed by atoms with Crippen LogP contribution in [0.4, 0.5) is 10.2 Å². The molecule has 1 aromatic carbocycles. The molecule has 0 aliphatic carbocycles. The second kappa shape index (κ2) is 7.32. The number of nitrogens with zero attached hydrogens (tertiary/aromatic N) is 1. The highest BCUT2D eigenvalue weighted by Gasteiger charge is 2.23. The van der Waals surface area contributed by atoms with Crippen molar-refractivity contribution in [1.29, 1.82) is 0 Å². The van der Waals surface area contributed by atoms with Crippen molar-refractivity contribution in [1.82, 2.24) is 4.98 Å². The Morgan fingerprint density at radius 1 is 1.36 bits per heavy atom. The van der Waals surface area contributed by atoms with Gasteiger partial charge in [0.25, 0.3) is 5.91 Å². The summed E-state index contributed by atoms with van der Waals surface area (Å²) in [5.74, 6) is -1.04. The fourth-order valence-corrected chi connectivity index (χ4v) is 2.61. The van der Waals surface area contributed by atoms with Crippen LogP contribution in [0.5, 0.6) is 11.5 Å². The molecule has 2 aromatic rings. The number of pyridine rings is 1. The van der Waals surface area contributed by atoms with Gasteiger partial charge in [-0.1, -0.05) is 22.0 Å². The van der Waals surface area contributed by atoms with Crippen molar-refractivity contribution in [2.75, 3.05) is 10.6 Å². The second-order valence-electron chi connectivity index (χ2n) is 4.84. The summed E-state index contributed by atoms with van der Waals surface area (Å²) < 4.78 is 24.2. The van der Waals surface area contributed by atoms with E-state index in [2.05, 4.69) is 42.2 Å². The molecule has 1 N–H and O–H groups in total. The number of rotatable bonds is 3. The Kier molecular flexibility index (Phi) is 5.14. The quantitative estimate of drug-likeness (QED) is 0.243. The first kappa shape index (κ1) is 17.6. The molecule has 0 unspecified atom stereocenters. The molecule has 9 heteroatoms. The average Bonchev–Trinajstić information content (AvgIpc) is 2.58. The highest BCUT2D eigenvalue weighted by atomic mass is 79.9. The zero-order valence-corrected chi connectivity index (χ0v) is 15.6. The smallest absolute Gasteiger partial charge is 0.321 e. The third-order valence-electron chi connectivity index (χ3n) is 3.09. The predicted molar refractivity (Wildman–Crippen MR) is 95.0 cm³/mol. The molecule has 128 valence electrons. The van der Waals surface area contributed by atoms with Crippen molar-refractivity contribution in [3.05, 3.63) is 52.1 Å². The lowest BCUT2D eigenvalue weighted by Crippen LogP contribution is -2.24. The maximum absolute atomic E-state index is 13.1. The largest absolute Gasteiger partial charge is 0.448 e. The number of aromatic nitrogens is 1. The molecule has 0 bridgehead atoms. The Balaban J connectivity index is 1.85. The monoisotopic (exact) mass is 470 g/mol. The van der Waals surface area contributed by atoms with Gasteiger partial charge in [-0.3, -0.25) is 9.59 Å². The molecular formula is C16H9Br2FN2O4. The molecule has 0 saturated heterocycles. The van der Waals surface area contributed by atoms with Crippen molar-refractivity contribution in [2.45, 2.75) is 0 Å². The van der Waals surface area contributed by atoms with E-state index < -0.39 is 17.8 Å². The molecule has 0 radical (unpaired) electrons. The maximum atomic E-state index is 13.1. The molecule has 6 nitrogen and oxygen atoms in total. The molecule has 1 aliphatic heterocycles. The van der Waals surface area contributed by atoms with E-state index in [0.717, 1.165) is 6.07 Å². The highest BCUT2D eigenvalue weighted by molar-refractivity contribution is 9.10. The molecule has 0 saturated carbocycles. The number of nitrogens with one attached hydrogen (secondary N) is 1. The van der Waals surface area contributed by atoms with Gasteiger partial charge in [0.2, 0.25) is 5.95 Å². The number of fused-ring (bicyclic) bond motifs is 1. The molecular weight excluding hydrogens is 463 g/mol. The Hall–Kier alpha value is -2.26. The first-order valence-electron chi connectivity index (χ1n) is 6.90. The number of alkyl halides is 1. The minimum Gasteiger partial charge on any atom is -0.448 e. The van der Waals surface area contributed by atoms with E-state index in [-0.39, 0.29) is 22.7 Å². The lowest BCUT2D eigenvalue weighted by atomic mass is 10.2. The second-order valence-corrected chi connectivity index (χ2v) is 6.26. The fourth-order valence-electron chi connectivity index (χ4n) is 2.01. The number of halogens is 3. The first-order chi connectivity index (χ1) is 12.0. The van der Waals surface area contributed by atoms with Gasteiger partial charge in [-0.25, -0.2) is 0 Å². The summed E-state index contributed by atoms with van der Waals surface area (Å²) in [6.45, 7) is 0. The van der Waals surface area contributed by atoms with Gasteiger partial charge in [-0.05, 0) is 51.8 Å². The standard InChI is InChI=1S/C16H9Br2FN2O4/c17-7-14(22)25-10-2-1-8(5-9(10)18)6-12-16(23)21-15-11(24-12)3-4-13(19)20-15/h1-6H,7H2,(H,20,21,23)/b12-6-. The lowest BCUT2D eigenvalue weighted by molar-refractivity contribution is -0.131. The number of hydrogen-bond acceptors (Lipinski definition) is 5. The van der Waals surface area contributed by atoms with E-state index in [1.54, 1.807) is 18.2 Å². The van der Waals surface area contributed by atoms with E-state index in [0.29, 0.717) is 15.8 Å². The normalized spacial score (nSPS) is 14.5. The predicted octanol–water partition coefficient (Wildman–Crippen LogP) is 3.66. The van der Waals surface area contributed by atoms with E-state index in [4.69, 9.17) is 9.47 Å². The number of carbonyl (C=O) groups excluding carboxylic acids is 2. The Morgan fingerprint density at radius 3 is 2.88 bits per heavy atom. The molecule has 1 amide bonds. The summed E-state index contributed by atoms with van der Waals surface area (Å²) in [7, 11) is 0. The summed E-state index contributed by atoms with van der Waals surface area (Å²) in [4.78, 5) is 26.9. The van der Waals surface area contributed by atoms with Crippen molar-refractivity contribution < 1.29 is 23.5 Å². The van der Waals surface area contributed by atoms with Gasteiger partial charge < -0.3 is 14.8 Å². The van der Waals surface area contributed by atoms with Crippen molar-refractivity contribution in [3.63, 3.8) is 0 Å². The summed E-state index contributed by atoms with van der Waals surface area (Å²) in [5, 5.41) is 2.54. The van der Waals surface area contributed by atoms with Gasteiger partial charge in [-0.2, -0.15) is 9.37 Å². The number of ether oxygens (including phenoxy) is 2. The number of amides is 1. The Morgan fingerprint density at radius 2 is 2.16 bits per heavy atom. The zero-order chi connectivity index (χ0) is 18.0. The van der Waals surface area contributed by atoms with E-state index in [9.17, 15) is 14.0 Å². The van der Waals surface area contributed by atoms with Gasteiger partial charge in [0.05, 0.1) is 4.47 Å². The van der Waals surface area contributed by atoms with E-state index in [1.165, 1.54) is 12.1 Å². The van der Waals surface area contributed by atoms with Crippen molar-refractivity contribution >= 4 is 55.6 Å². The lowest BCUT2D eigenvalue weighted by Gasteiger charge is -2.18. The van der Waals surface area contributed by atoms with Gasteiger partial charge in [0, 0.05) is 0 Å². The average molecular weight is 472 g/mol. The zero-order valence-electron chi connectivity index (χ0n) is 12.4. The van der Waals surface area contributed by atoms with Gasteiger partial charge >= 0.3 is 5.97 Å². The first-order valence-corrected chi connectivity index (χ1v) is 8.81. The van der Waals surface area contributed by atoms with Crippen LogP contribution in [-0.2, 0) is 9.59 Å². The molecule has 1 aliphatic rings. The van der Waals surface area contributed by atoms with Gasteiger partial charge in [-0.15, -0.1) is 0 Å². The molecule has 1 aromatic heterocycles. The molecule has 25 heavy (non-hydrogen) atoms. The third kappa shape index (κ3) is 4.05. The summed E-state index contributed by atoms with van der Waals surface area (Å²) in [5.41, 5.74) is 0.634. The van der Waals surface area contributed by atoms with Crippen LogP contribution in [0.15, 0.2) is 40.6 Å². The summed E-state index contributed by atoms with van der Waals surface area (Å²) in [6, 6.07) is 7.42. The number of anilines is 1. The minimum atomic E-state index is -0.715. The van der Waals surface area contributed by atoms with Crippen LogP contribution >= 0.6 is 31.9 Å². The molecule has 2 heterocycles. The van der Waals surface area contributed by atoms with Gasteiger partial charge in [0.1, 0.15) is 11.1 Å². The third-order valence-corrected chi connectivity index (χ3v) is 4.16. The van der Waals surface area contributed by atoms with Crippen LogP contribution in [0.1, 0.15) is 5.56 Å². The topological polar surface area (TPSA) is 77.5 Å². The number of esters is 1. The number of carbonyl (C=O) groups is 2. The number of benzene rings is 1. The Bertz CT molecular complexity index is 902. The molecule has 3 rings (SSSR count). The highest BCUT2D eigenvalue weighted by Crippen LogP contribution is 2.31. The molecule has 0 fully saturated rings. The summed E-state index contributed by atoms with van der Waals surface area (Å²) >= 11 is 6.32. The van der Waals surface area contributed by atoms with Gasteiger partial charge in [0.15, 0.2) is 17.3 Å². The van der Waals surface area contributed by atoms with Crippen LogP contribution < -0.4 is 14.8 Å². The summed E-state index contributed by atoms with van der Waals surface area (Å²) in [6.07, 6.45) is 1.50. The van der Waals surface area contributed by atoms with E-state index >= 15 is 0 Å². The number of hydrogen-bond donors (Lipinski definition) is 1. The molecule has 0 spiro atoms. The van der Waals surface area contributed by atoms with Crippen LogP contribution in [-0.4, -0.2) is 22.2 Å². The van der Waals surface area contributed by atoms with Crippen LogP contribution in [0.3, 0.4) is 0 Å². The van der Waals surface area contributed by atoms with Crippen LogP contribution in [0.2, 0.25) is 0 Å². The molecule has 0 atom stereocenters.